The summed E-state index contributed by atoms with van der Waals surface area (Å²) >= 11 is 6.03. The van der Waals surface area contributed by atoms with Crippen molar-refractivity contribution < 1.29 is 27.4 Å². The van der Waals surface area contributed by atoms with E-state index in [-0.39, 0.29) is 24.0 Å². The van der Waals surface area contributed by atoms with E-state index in [1.807, 2.05) is 13.8 Å². The molecule has 10 heteroatoms. The van der Waals surface area contributed by atoms with Gasteiger partial charge < -0.3 is 19.5 Å². The van der Waals surface area contributed by atoms with Crippen LogP contribution in [0.5, 0.6) is 11.5 Å². The Balaban J connectivity index is 1.45. The molecule has 0 spiro atoms. The van der Waals surface area contributed by atoms with Gasteiger partial charge in [-0.2, -0.15) is 4.31 Å². The summed E-state index contributed by atoms with van der Waals surface area (Å²) in [5.41, 5.74) is 0.876. The van der Waals surface area contributed by atoms with Crippen molar-refractivity contribution in [2.24, 2.45) is 0 Å². The first-order chi connectivity index (χ1) is 15.8. The summed E-state index contributed by atoms with van der Waals surface area (Å²) in [6, 6.07) is 11.5. The Morgan fingerprint density at radius 3 is 2.45 bits per heavy atom. The maximum Gasteiger partial charge on any atom is 0.261 e. The van der Waals surface area contributed by atoms with Gasteiger partial charge in [-0.15, -0.1) is 0 Å². The first-order valence-electron chi connectivity index (χ1n) is 10.8. The van der Waals surface area contributed by atoms with Crippen LogP contribution in [0.2, 0.25) is 5.02 Å². The molecular weight excluding hydrogens is 468 g/mol. The highest BCUT2D eigenvalue weighted by Gasteiger charge is 2.26. The molecule has 3 rings (SSSR count). The number of halogens is 1. The molecule has 1 fully saturated rings. The van der Waals surface area contributed by atoms with Crippen LogP contribution >= 0.6 is 11.6 Å². The topological polar surface area (TPSA) is 94.2 Å². The van der Waals surface area contributed by atoms with Crippen LogP contribution in [0, 0.1) is 6.92 Å². The standard InChI is InChI=1S/C23H29ClN2O6S/c1-3-22(32-19-6-9-21(24)17(2)16-19)23(27)25-10-13-31-18-4-7-20(8-5-18)33(28,29)26-11-14-30-15-12-26/h4-9,16,22H,3,10-15H2,1-2H3,(H,25,27)/t22-/m1/s1. The van der Waals surface area contributed by atoms with Crippen molar-refractivity contribution >= 4 is 27.5 Å². The molecule has 180 valence electrons. The van der Waals surface area contributed by atoms with Crippen LogP contribution < -0.4 is 14.8 Å². The summed E-state index contributed by atoms with van der Waals surface area (Å²) in [4.78, 5) is 12.7. The zero-order chi connectivity index (χ0) is 23.8. The molecule has 1 heterocycles. The molecule has 0 aromatic heterocycles. The summed E-state index contributed by atoms with van der Waals surface area (Å²) < 4.78 is 43.4. The van der Waals surface area contributed by atoms with Gasteiger partial charge in [-0.05, 0) is 61.4 Å². The molecule has 2 aromatic carbocycles. The van der Waals surface area contributed by atoms with Gasteiger partial charge in [0.15, 0.2) is 6.10 Å². The number of benzene rings is 2. The molecule has 0 saturated carbocycles. The van der Waals surface area contributed by atoms with Gasteiger partial charge in [0, 0.05) is 18.1 Å². The van der Waals surface area contributed by atoms with E-state index in [9.17, 15) is 13.2 Å². The van der Waals surface area contributed by atoms with Crippen molar-refractivity contribution in [2.45, 2.75) is 31.3 Å². The lowest BCUT2D eigenvalue weighted by atomic mass is 10.2. The summed E-state index contributed by atoms with van der Waals surface area (Å²) in [5, 5.41) is 3.44. The SMILES string of the molecule is CC[C@@H](Oc1ccc(Cl)c(C)c1)C(=O)NCCOc1ccc(S(=O)(=O)N2CCOCC2)cc1. The number of aryl methyl sites for hydroxylation is 1. The van der Waals surface area contributed by atoms with Crippen molar-refractivity contribution in [3.05, 3.63) is 53.1 Å². The number of hydrogen-bond acceptors (Lipinski definition) is 6. The number of sulfonamides is 1. The minimum absolute atomic E-state index is 0.213. The Morgan fingerprint density at radius 1 is 1.15 bits per heavy atom. The summed E-state index contributed by atoms with van der Waals surface area (Å²) in [5.74, 6) is 0.869. The van der Waals surface area contributed by atoms with Crippen LogP contribution in [0.4, 0.5) is 0 Å². The molecule has 1 atom stereocenters. The minimum atomic E-state index is -3.54. The molecule has 1 amide bonds. The normalized spacial score (nSPS) is 15.6. The number of ether oxygens (including phenoxy) is 3. The van der Waals surface area contributed by atoms with Crippen LogP contribution in [-0.4, -0.2) is 64.2 Å². The van der Waals surface area contributed by atoms with E-state index in [0.717, 1.165) is 5.56 Å². The molecule has 0 radical (unpaired) electrons. The van der Waals surface area contributed by atoms with Gasteiger partial charge in [-0.3, -0.25) is 4.79 Å². The minimum Gasteiger partial charge on any atom is -0.492 e. The number of nitrogens with zero attached hydrogens (tertiary/aromatic N) is 1. The van der Waals surface area contributed by atoms with Gasteiger partial charge >= 0.3 is 0 Å². The largest absolute Gasteiger partial charge is 0.492 e. The summed E-state index contributed by atoms with van der Waals surface area (Å²) in [7, 11) is -3.54. The summed E-state index contributed by atoms with van der Waals surface area (Å²) in [6.07, 6.45) is -0.122. The molecule has 0 bridgehead atoms. The molecular formula is C23H29ClN2O6S. The third-order valence-electron chi connectivity index (χ3n) is 5.17. The highest BCUT2D eigenvalue weighted by atomic mass is 35.5. The summed E-state index contributed by atoms with van der Waals surface area (Å²) in [6.45, 7) is 5.75. The lowest BCUT2D eigenvalue weighted by molar-refractivity contribution is -0.128. The Hall–Kier alpha value is -2.33. The van der Waals surface area contributed by atoms with Crippen LogP contribution in [0.3, 0.4) is 0 Å². The molecule has 1 saturated heterocycles. The Morgan fingerprint density at radius 2 is 1.82 bits per heavy atom. The van der Waals surface area contributed by atoms with Crippen LogP contribution in [0.25, 0.3) is 0 Å². The highest BCUT2D eigenvalue weighted by Crippen LogP contribution is 2.23. The van der Waals surface area contributed by atoms with Crippen molar-refractivity contribution in [3.63, 3.8) is 0 Å². The Bertz CT molecular complexity index is 1040. The zero-order valence-corrected chi connectivity index (χ0v) is 20.3. The molecule has 0 aliphatic carbocycles. The number of hydrogen-bond donors (Lipinski definition) is 1. The number of amides is 1. The Labute approximate surface area is 199 Å². The Kier molecular flexibility index (Phi) is 8.96. The maximum atomic E-state index is 12.7. The average molecular weight is 497 g/mol. The number of carbonyl (C=O) groups excluding carboxylic acids is 1. The molecule has 8 nitrogen and oxygen atoms in total. The van der Waals surface area contributed by atoms with Crippen molar-refractivity contribution in [1.29, 1.82) is 0 Å². The van der Waals surface area contributed by atoms with E-state index in [1.165, 1.54) is 16.4 Å². The van der Waals surface area contributed by atoms with Gasteiger partial charge in [-0.25, -0.2) is 8.42 Å². The zero-order valence-electron chi connectivity index (χ0n) is 18.8. The van der Waals surface area contributed by atoms with Crippen molar-refractivity contribution in [1.82, 2.24) is 9.62 Å². The van der Waals surface area contributed by atoms with E-state index >= 15 is 0 Å². The molecule has 1 N–H and O–H groups in total. The monoisotopic (exact) mass is 496 g/mol. The molecule has 0 unspecified atom stereocenters. The van der Waals surface area contributed by atoms with Gasteiger partial charge in [0.2, 0.25) is 10.0 Å². The first kappa shape index (κ1) is 25.3. The maximum absolute atomic E-state index is 12.7. The molecule has 2 aromatic rings. The quantitative estimate of drug-likeness (QED) is 0.508. The second kappa shape index (κ2) is 11.7. The second-order valence-electron chi connectivity index (χ2n) is 7.55. The van der Waals surface area contributed by atoms with E-state index in [4.69, 9.17) is 25.8 Å². The highest BCUT2D eigenvalue weighted by molar-refractivity contribution is 7.89. The average Bonchev–Trinajstić information content (AvgIpc) is 2.83. The smallest absolute Gasteiger partial charge is 0.261 e. The fraction of sp³-hybridized carbons (Fsp3) is 0.435. The molecule has 1 aliphatic rings. The third kappa shape index (κ3) is 6.83. The fourth-order valence-electron chi connectivity index (χ4n) is 3.28. The van der Waals surface area contributed by atoms with Gasteiger partial charge in [0.25, 0.3) is 5.91 Å². The second-order valence-corrected chi connectivity index (χ2v) is 9.90. The van der Waals surface area contributed by atoms with Gasteiger partial charge in [0.05, 0.1) is 24.7 Å². The van der Waals surface area contributed by atoms with E-state index in [1.54, 1.807) is 30.3 Å². The van der Waals surface area contributed by atoms with Crippen molar-refractivity contribution in [3.8, 4) is 11.5 Å². The van der Waals surface area contributed by atoms with Gasteiger partial charge in [0.1, 0.15) is 18.1 Å². The fourth-order valence-corrected chi connectivity index (χ4v) is 4.80. The predicted molar refractivity (Wildman–Crippen MR) is 125 cm³/mol. The van der Waals surface area contributed by atoms with E-state index in [0.29, 0.717) is 49.2 Å². The van der Waals surface area contributed by atoms with E-state index in [2.05, 4.69) is 5.32 Å². The number of nitrogens with one attached hydrogen (secondary N) is 1. The first-order valence-corrected chi connectivity index (χ1v) is 12.6. The van der Waals surface area contributed by atoms with E-state index < -0.39 is 16.1 Å². The van der Waals surface area contributed by atoms with Crippen LogP contribution in [0.1, 0.15) is 18.9 Å². The molecule has 1 aliphatic heterocycles. The number of rotatable bonds is 10. The lowest BCUT2D eigenvalue weighted by Crippen LogP contribution is -2.40. The third-order valence-corrected chi connectivity index (χ3v) is 7.51. The van der Waals surface area contributed by atoms with Crippen LogP contribution in [-0.2, 0) is 19.6 Å². The van der Waals surface area contributed by atoms with Crippen LogP contribution in [0.15, 0.2) is 47.4 Å². The van der Waals surface area contributed by atoms with Crippen molar-refractivity contribution in [2.75, 3.05) is 39.5 Å². The lowest BCUT2D eigenvalue weighted by Gasteiger charge is -2.26. The predicted octanol–water partition coefficient (Wildman–Crippen LogP) is 3.02. The van der Waals surface area contributed by atoms with Gasteiger partial charge in [-0.1, -0.05) is 18.5 Å². The molecule has 33 heavy (non-hydrogen) atoms. The number of morpholine rings is 1. The number of carbonyl (C=O) groups is 1.